The lowest BCUT2D eigenvalue weighted by Crippen LogP contribution is -2.18. The van der Waals surface area contributed by atoms with Crippen LogP contribution in [0, 0.1) is 0 Å². The number of benzene rings is 1. The highest BCUT2D eigenvalue weighted by atomic mass is 16.5. The van der Waals surface area contributed by atoms with Gasteiger partial charge in [-0.3, -0.25) is 4.98 Å². The Hall–Kier alpha value is -1.87. The summed E-state index contributed by atoms with van der Waals surface area (Å²) in [4.78, 5) is 4.11. The lowest BCUT2D eigenvalue weighted by atomic mass is 9.97. The fourth-order valence-electron chi connectivity index (χ4n) is 2.29. The van der Waals surface area contributed by atoms with Crippen molar-refractivity contribution in [3.63, 3.8) is 0 Å². The second-order valence-electron chi connectivity index (χ2n) is 4.44. The van der Waals surface area contributed by atoms with Gasteiger partial charge in [0.25, 0.3) is 0 Å². The molecule has 1 heterocycles. The fraction of sp³-hybridized carbons (Fsp3) is 0.312. The van der Waals surface area contributed by atoms with Gasteiger partial charge in [0, 0.05) is 11.8 Å². The molecule has 0 aliphatic heterocycles. The van der Waals surface area contributed by atoms with Crippen molar-refractivity contribution in [3.8, 4) is 5.75 Å². The summed E-state index contributed by atoms with van der Waals surface area (Å²) >= 11 is 0. The van der Waals surface area contributed by atoms with Crippen LogP contribution >= 0.6 is 0 Å². The number of pyridine rings is 1. The minimum Gasteiger partial charge on any atom is -0.495 e. The van der Waals surface area contributed by atoms with E-state index in [2.05, 4.69) is 41.5 Å². The Labute approximate surface area is 114 Å². The van der Waals surface area contributed by atoms with Crippen LogP contribution in [0.4, 0.5) is 0 Å². The summed E-state index contributed by atoms with van der Waals surface area (Å²) in [6.45, 7) is 2.17. The lowest BCUT2D eigenvalue weighted by Gasteiger charge is -2.20. The Bertz CT molecular complexity index is 540. The van der Waals surface area contributed by atoms with Crippen LogP contribution in [-0.4, -0.2) is 19.1 Å². The molecule has 1 aromatic heterocycles. The van der Waals surface area contributed by atoms with E-state index in [1.807, 2.05) is 13.1 Å². The highest BCUT2D eigenvalue weighted by Gasteiger charge is 2.16. The molecule has 1 N–H and O–H groups in total. The van der Waals surface area contributed by atoms with Gasteiger partial charge < -0.3 is 10.1 Å². The van der Waals surface area contributed by atoms with Crippen molar-refractivity contribution in [2.75, 3.05) is 14.2 Å². The molecule has 1 unspecified atom stereocenters. The second-order valence-corrected chi connectivity index (χ2v) is 4.44. The predicted molar refractivity (Wildman–Crippen MR) is 77.5 cm³/mol. The molecule has 0 aliphatic carbocycles. The molecule has 1 aromatic carbocycles. The Morgan fingerprint density at radius 1 is 1.32 bits per heavy atom. The normalized spacial score (nSPS) is 12.2. The first-order valence-corrected chi connectivity index (χ1v) is 6.54. The van der Waals surface area contributed by atoms with E-state index in [1.165, 1.54) is 11.1 Å². The second kappa shape index (κ2) is 6.34. The van der Waals surface area contributed by atoms with Crippen LogP contribution in [0.5, 0.6) is 5.75 Å². The number of ether oxygens (including phenoxy) is 1. The third-order valence-electron chi connectivity index (χ3n) is 3.33. The van der Waals surface area contributed by atoms with Gasteiger partial charge in [-0.1, -0.05) is 31.2 Å². The molecule has 2 aromatic rings. The number of nitrogens with one attached hydrogen (secondary N) is 1. The number of hydrogen-bond acceptors (Lipinski definition) is 3. The van der Waals surface area contributed by atoms with Gasteiger partial charge in [0.2, 0.25) is 0 Å². The summed E-state index contributed by atoms with van der Waals surface area (Å²) in [5.41, 5.74) is 3.69. The Morgan fingerprint density at radius 3 is 2.84 bits per heavy atom. The molecule has 3 nitrogen and oxygen atoms in total. The molecule has 2 rings (SSSR count). The molecule has 0 amide bonds. The van der Waals surface area contributed by atoms with Gasteiger partial charge >= 0.3 is 0 Å². The average Bonchev–Trinajstić information content (AvgIpc) is 2.49. The summed E-state index contributed by atoms with van der Waals surface area (Å²) < 4.78 is 5.40. The zero-order chi connectivity index (χ0) is 13.7. The molecule has 1 atom stereocenters. The quantitative estimate of drug-likeness (QED) is 0.893. The van der Waals surface area contributed by atoms with Crippen LogP contribution in [0.15, 0.2) is 42.7 Å². The summed E-state index contributed by atoms with van der Waals surface area (Å²) in [6, 6.07) is 10.7. The van der Waals surface area contributed by atoms with E-state index in [1.54, 1.807) is 19.5 Å². The van der Waals surface area contributed by atoms with E-state index in [-0.39, 0.29) is 6.04 Å². The average molecular weight is 256 g/mol. The summed E-state index contributed by atoms with van der Waals surface area (Å²) in [5.74, 6) is 0.809. The highest BCUT2D eigenvalue weighted by Crippen LogP contribution is 2.29. The maximum absolute atomic E-state index is 5.40. The molecular weight excluding hydrogens is 236 g/mol. The number of nitrogens with zero attached hydrogens (tertiary/aromatic N) is 1. The topological polar surface area (TPSA) is 34.2 Å². The van der Waals surface area contributed by atoms with E-state index in [9.17, 15) is 0 Å². The van der Waals surface area contributed by atoms with Gasteiger partial charge in [-0.05, 0) is 30.7 Å². The molecule has 100 valence electrons. The van der Waals surface area contributed by atoms with E-state index in [0.29, 0.717) is 0 Å². The lowest BCUT2D eigenvalue weighted by molar-refractivity contribution is 0.403. The first-order valence-electron chi connectivity index (χ1n) is 6.54. The largest absolute Gasteiger partial charge is 0.495 e. The van der Waals surface area contributed by atoms with Gasteiger partial charge in [0.1, 0.15) is 5.75 Å². The van der Waals surface area contributed by atoms with Crippen LogP contribution in [0.25, 0.3) is 0 Å². The summed E-state index contributed by atoms with van der Waals surface area (Å²) in [6.07, 6.45) is 4.59. The minimum atomic E-state index is 0.115. The molecule has 0 saturated heterocycles. The zero-order valence-corrected chi connectivity index (χ0v) is 11.7. The third-order valence-corrected chi connectivity index (χ3v) is 3.33. The van der Waals surface area contributed by atoms with Crippen molar-refractivity contribution >= 4 is 0 Å². The summed E-state index contributed by atoms with van der Waals surface area (Å²) in [5, 5.41) is 3.35. The number of methoxy groups -OCH3 is 1. The molecule has 0 bridgehead atoms. The predicted octanol–water partition coefficient (Wildman–Crippen LogP) is 2.96. The maximum atomic E-state index is 5.40. The maximum Gasteiger partial charge on any atom is 0.142 e. The van der Waals surface area contributed by atoms with Crippen molar-refractivity contribution < 1.29 is 4.74 Å². The van der Waals surface area contributed by atoms with Gasteiger partial charge in [-0.15, -0.1) is 0 Å². The first kappa shape index (κ1) is 13.6. The van der Waals surface area contributed by atoms with Crippen LogP contribution in [0.1, 0.15) is 29.7 Å². The molecule has 0 fully saturated rings. The van der Waals surface area contributed by atoms with Gasteiger partial charge in [-0.25, -0.2) is 0 Å². The number of aromatic nitrogens is 1. The SMILES string of the molecule is CCc1cccc(C(NC)c2ccncc2OC)c1. The summed E-state index contributed by atoms with van der Waals surface area (Å²) in [7, 11) is 3.64. The van der Waals surface area contributed by atoms with Crippen LogP contribution in [0.2, 0.25) is 0 Å². The molecule has 0 aliphatic rings. The number of rotatable bonds is 5. The van der Waals surface area contributed by atoms with Crippen LogP contribution in [0.3, 0.4) is 0 Å². The number of hydrogen-bond donors (Lipinski definition) is 1. The highest BCUT2D eigenvalue weighted by molar-refractivity contribution is 5.40. The van der Waals surface area contributed by atoms with Crippen molar-refractivity contribution in [2.24, 2.45) is 0 Å². The monoisotopic (exact) mass is 256 g/mol. The standard InChI is InChI=1S/C16H20N2O/c1-4-12-6-5-7-13(10-12)16(17-2)14-8-9-18-11-15(14)19-3/h5-11,16-17H,4H2,1-3H3. The van der Waals surface area contributed by atoms with Gasteiger partial charge in [0.15, 0.2) is 0 Å². The minimum absolute atomic E-state index is 0.115. The van der Waals surface area contributed by atoms with Crippen molar-refractivity contribution in [1.29, 1.82) is 0 Å². The van der Waals surface area contributed by atoms with Crippen molar-refractivity contribution in [3.05, 3.63) is 59.4 Å². The Balaban J connectivity index is 2.43. The van der Waals surface area contributed by atoms with Crippen LogP contribution in [-0.2, 0) is 6.42 Å². The Kier molecular flexibility index (Phi) is 4.53. The van der Waals surface area contributed by atoms with Crippen molar-refractivity contribution in [1.82, 2.24) is 10.3 Å². The van der Waals surface area contributed by atoms with Crippen LogP contribution < -0.4 is 10.1 Å². The number of aryl methyl sites for hydroxylation is 1. The smallest absolute Gasteiger partial charge is 0.142 e. The first-order chi connectivity index (χ1) is 9.30. The Morgan fingerprint density at radius 2 is 2.16 bits per heavy atom. The van der Waals surface area contributed by atoms with Gasteiger partial charge in [-0.2, -0.15) is 0 Å². The zero-order valence-electron chi connectivity index (χ0n) is 11.7. The van der Waals surface area contributed by atoms with Crippen molar-refractivity contribution in [2.45, 2.75) is 19.4 Å². The molecule has 3 heteroatoms. The molecule has 0 spiro atoms. The third kappa shape index (κ3) is 2.93. The fourth-order valence-corrected chi connectivity index (χ4v) is 2.29. The van der Waals surface area contributed by atoms with E-state index in [0.717, 1.165) is 17.7 Å². The molecule has 0 radical (unpaired) electrons. The molecule has 0 saturated carbocycles. The molecular formula is C16H20N2O. The van der Waals surface area contributed by atoms with E-state index >= 15 is 0 Å². The van der Waals surface area contributed by atoms with E-state index < -0.39 is 0 Å². The van der Waals surface area contributed by atoms with E-state index in [4.69, 9.17) is 4.74 Å². The van der Waals surface area contributed by atoms with Gasteiger partial charge in [0.05, 0.1) is 19.3 Å². The molecule has 19 heavy (non-hydrogen) atoms.